The summed E-state index contributed by atoms with van der Waals surface area (Å²) in [5, 5.41) is 11.1. The monoisotopic (exact) mass is 483 g/mol. The number of amides is 1. The Labute approximate surface area is 195 Å². The number of nitrogens with one attached hydrogen (secondary N) is 1. The van der Waals surface area contributed by atoms with E-state index in [0.717, 1.165) is 11.6 Å². The van der Waals surface area contributed by atoms with Crippen LogP contribution in [0.25, 0.3) is 0 Å². The number of nitro groups is 1. The number of carbonyl (C=O) groups is 1. The molecule has 4 rings (SSSR count). The maximum atomic E-state index is 12.8. The van der Waals surface area contributed by atoms with E-state index >= 15 is 0 Å². The lowest BCUT2D eigenvalue weighted by Crippen LogP contribution is -2.26. The van der Waals surface area contributed by atoms with Gasteiger partial charge >= 0.3 is 0 Å². The number of ether oxygens (including phenoxy) is 2. The van der Waals surface area contributed by atoms with Crippen molar-refractivity contribution < 1.29 is 27.6 Å². The van der Waals surface area contributed by atoms with E-state index in [4.69, 9.17) is 9.47 Å². The Hall–Kier alpha value is -4.12. The zero-order valence-corrected chi connectivity index (χ0v) is 19.2. The van der Waals surface area contributed by atoms with E-state index in [9.17, 15) is 23.3 Å². The van der Waals surface area contributed by atoms with Gasteiger partial charge in [-0.3, -0.25) is 19.6 Å². The summed E-state index contributed by atoms with van der Waals surface area (Å²) in [6, 6.07) is 15.1. The molecule has 0 aromatic heterocycles. The molecular formula is C23H21N3O7S. The second kappa shape index (κ2) is 9.02. The average Bonchev–Trinajstić information content (AvgIpc) is 3.26. The number of fused-ring (bicyclic) bond motifs is 1. The van der Waals surface area contributed by atoms with Gasteiger partial charge in [0.05, 0.1) is 9.82 Å². The highest BCUT2D eigenvalue weighted by Gasteiger charge is 2.21. The van der Waals surface area contributed by atoms with Crippen molar-refractivity contribution in [1.82, 2.24) is 4.90 Å². The summed E-state index contributed by atoms with van der Waals surface area (Å²) in [7, 11) is -2.39. The van der Waals surface area contributed by atoms with Crippen molar-refractivity contribution >= 4 is 27.3 Å². The van der Waals surface area contributed by atoms with Gasteiger partial charge in [0.1, 0.15) is 0 Å². The third kappa shape index (κ3) is 4.79. The predicted molar refractivity (Wildman–Crippen MR) is 123 cm³/mol. The van der Waals surface area contributed by atoms with Crippen molar-refractivity contribution in [2.75, 3.05) is 18.6 Å². The second-order valence-electron chi connectivity index (χ2n) is 7.74. The Balaban J connectivity index is 1.44. The average molecular weight is 484 g/mol. The Kier molecular flexibility index (Phi) is 6.12. The summed E-state index contributed by atoms with van der Waals surface area (Å²) < 4.78 is 38.4. The third-order valence-electron chi connectivity index (χ3n) is 5.28. The number of hydrogen-bond donors (Lipinski definition) is 1. The third-order valence-corrected chi connectivity index (χ3v) is 6.65. The van der Waals surface area contributed by atoms with E-state index in [2.05, 4.69) is 4.72 Å². The smallest absolute Gasteiger partial charge is 0.273 e. The minimum absolute atomic E-state index is 0.171. The lowest BCUT2D eigenvalue weighted by molar-refractivity contribution is -0.385. The van der Waals surface area contributed by atoms with Crippen LogP contribution in [-0.2, 0) is 16.6 Å². The van der Waals surface area contributed by atoms with Gasteiger partial charge in [-0.2, -0.15) is 0 Å². The lowest BCUT2D eigenvalue weighted by Gasteiger charge is -2.18. The van der Waals surface area contributed by atoms with E-state index < -0.39 is 14.9 Å². The van der Waals surface area contributed by atoms with Crippen LogP contribution in [0, 0.1) is 17.0 Å². The van der Waals surface area contributed by atoms with Crippen molar-refractivity contribution in [1.29, 1.82) is 0 Å². The van der Waals surface area contributed by atoms with Gasteiger partial charge in [0.2, 0.25) is 6.79 Å². The molecule has 0 fully saturated rings. The molecule has 1 heterocycles. The number of aryl methyl sites for hydroxylation is 1. The Morgan fingerprint density at radius 2 is 1.76 bits per heavy atom. The SMILES string of the molecule is Cc1ccc(S(=O)(=O)Nc2ccc(C(=O)N(C)Cc3ccc4c(c3)OCO4)cc2)cc1[N+](=O)[O-]. The molecule has 1 aliphatic rings. The molecule has 0 radical (unpaired) electrons. The van der Waals surface area contributed by atoms with Gasteiger partial charge in [-0.05, 0) is 55.0 Å². The molecule has 10 nitrogen and oxygen atoms in total. The van der Waals surface area contributed by atoms with Crippen LogP contribution in [0.1, 0.15) is 21.5 Å². The van der Waals surface area contributed by atoms with Crippen LogP contribution in [0.5, 0.6) is 11.5 Å². The topological polar surface area (TPSA) is 128 Å². The molecule has 34 heavy (non-hydrogen) atoms. The molecule has 0 atom stereocenters. The van der Waals surface area contributed by atoms with Gasteiger partial charge in [0.15, 0.2) is 11.5 Å². The van der Waals surface area contributed by atoms with Crippen LogP contribution in [0.15, 0.2) is 65.6 Å². The minimum atomic E-state index is -4.05. The molecule has 0 saturated heterocycles. The van der Waals surface area contributed by atoms with Crippen molar-refractivity contribution in [3.63, 3.8) is 0 Å². The van der Waals surface area contributed by atoms with E-state index in [-0.39, 0.29) is 29.0 Å². The van der Waals surface area contributed by atoms with Crippen molar-refractivity contribution in [2.24, 2.45) is 0 Å². The summed E-state index contributed by atoms with van der Waals surface area (Å²) >= 11 is 0. The molecule has 0 unspecified atom stereocenters. The van der Waals surface area contributed by atoms with Crippen LogP contribution in [0.4, 0.5) is 11.4 Å². The fraction of sp³-hybridized carbons (Fsp3) is 0.174. The molecule has 0 aliphatic carbocycles. The van der Waals surface area contributed by atoms with E-state index in [1.807, 2.05) is 12.1 Å². The van der Waals surface area contributed by atoms with E-state index in [0.29, 0.717) is 29.2 Å². The molecule has 3 aromatic rings. The first-order chi connectivity index (χ1) is 16.1. The number of rotatable bonds is 7. The maximum absolute atomic E-state index is 12.8. The Morgan fingerprint density at radius 1 is 1.06 bits per heavy atom. The summed E-state index contributed by atoms with van der Waals surface area (Å²) in [6.45, 7) is 2.04. The highest BCUT2D eigenvalue weighted by Crippen LogP contribution is 2.33. The molecule has 1 aliphatic heterocycles. The molecule has 3 aromatic carbocycles. The molecule has 0 bridgehead atoms. The summed E-state index contributed by atoms with van der Waals surface area (Å²) in [4.78, 5) is 24.6. The Morgan fingerprint density at radius 3 is 2.47 bits per heavy atom. The standard InChI is InChI=1S/C23H21N3O7S/c1-15-3-9-19(12-20(15)26(28)29)34(30,31)24-18-7-5-17(6-8-18)23(27)25(2)13-16-4-10-21-22(11-16)33-14-32-21/h3-12,24H,13-14H2,1-2H3. The van der Waals surface area contributed by atoms with Crippen molar-refractivity contribution in [3.05, 3.63) is 87.5 Å². The van der Waals surface area contributed by atoms with Gasteiger partial charge < -0.3 is 14.4 Å². The van der Waals surface area contributed by atoms with Crippen LogP contribution in [0.3, 0.4) is 0 Å². The van der Waals surface area contributed by atoms with Crippen molar-refractivity contribution in [2.45, 2.75) is 18.4 Å². The highest BCUT2D eigenvalue weighted by atomic mass is 32.2. The lowest BCUT2D eigenvalue weighted by atomic mass is 10.1. The molecule has 176 valence electrons. The minimum Gasteiger partial charge on any atom is -0.454 e. The molecule has 1 N–H and O–H groups in total. The number of nitrogens with zero attached hydrogens (tertiary/aromatic N) is 2. The highest BCUT2D eigenvalue weighted by molar-refractivity contribution is 7.92. The number of benzene rings is 3. The van der Waals surface area contributed by atoms with Crippen LogP contribution in [0.2, 0.25) is 0 Å². The summed E-state index contributed by atoms with van der Waals surface area (Å²) in [5.74, 6) is 1.05. The van der Waals surface area contributed by atoms with Crippen LogP contribution >= 0.6 is 0 Å². The van der Waals surface area contributed by atoms with Gasteiger partial charge in [-0.25, -0.2) is 8.42 Å². The number of carbonyl (C=O) groups excluding carboxylic acids is 1. The van der Waals surface area contributed by atoms with Crippen LogP contribution in [-0.4, -0.2) is 38.0 Å². The second-order valence-corrected chi connectivity index (χ2v) is 9.42. The largest absolute Gasteiger partial charge is 0.454 e. The number of hydrogen-bond acceptors (Lipinski definition) is 7. The first-order valence-electron chi connectivity index (χ1n) is 10.2. The summed E-state index contributed by atoms with van der Waals surface area (Å²) in [6.07, 6.45) is 0. The fourth-order valence-corrected chi connectivity index (χ4v) is 4.53. The quantitative estimate of drug-likeness (QED) is 0.401. The fourth-order valence-electron chi connectivity index (χ4n) is 3.45. The first kappa shape index (κ1) is 23.1. The van der Waals surface area contributed by atoms with Gasteiger partial charge in [0, 0.05) is 36.5 Å². The van der Waals surface area contributed by atoms with Gasteiger partial charge in [-0.1, -0.05) is 12.1 Å². The zero-order chi connectivity index (χ0) is 24.5. The van der Waals surface area contributed by atoms with E-state index in [1.54, 1.807) is 13.1 Å². The summed E-state index contributed by atoms with van der Waals surface area (Å²) in [5.41, 5.74) is 1.54. The molecule has 0 saturated carbocycles. The zero-order valence-electron chi connectivity index (χ0n) is 18.3. The molecular weight excluding hydrogens is 462 g/mol. The maximum Gasteiger partial charge on any atom is 0.273 e. The van der Waals surface area contributed by atoms with Gasteiger partial charge in [0.25, 0.3) is 21.6 Å². The van der Waals surface area contributed by atoms with E-state index in [1.165, 1.54) is 48.2 Å². The van der Waals surface area contributed by atoms with Crippen LogP contribution < -0.4 is 14.2 Å². The number of sulfonamides is 1. The van der Waals surface area contributed by atoms with Crippen molar-refractivity contribution in [3.8, 4) is 11.5 Å². The van der Waals surface area contributed by atoms with Gasteiger partial charge in [-0.15, -0.1) is 0 Å². The predicted octanol–water partition coefficient (Wildman–Crippen LogP) is 3.70. The number of nitro benzene ring substituents is 1. The molecule has 1 amide bonds. The number of anilines is 1. The normalized spacial score (nSPS) is 12.3. The first-order valence-corrected chi connectivity index (χ1v) is 11.6. The molecule has 0 spiro atoms. The molecule has 11 heteroatoms. The Bertz CT molecular complexity index is 1370.